The van der Waals surface area contributed by atoms with Crippen molar-refractivity contribution in [1.82, 2.24) is 9.66 Å². The topological polar surface area (TPSA) is 56.5 Å². The van der Waals surface area contributed by atoms with Gasteiger partial charge in [0.2, 0.25) is 0 Å². The summed E-state index contributed by atoms with van der Waals surface area (Å²) in [7, 11) is 0. The molecule has 0 saturated heterocycles. The Hall–Kier alpha value is -3.48. The molecule has 0 radical (unpaired) electrons. The lowest BCUT2D eigenvalue weighted by atomic mass is 9.88. The fourth-order valence-corrected chi connectivity index (χ4v) is 5.87. The van der Waals surface area contributed by atoms with E-state index in [-0.39, 0.29) is 11.5 Å². The van der Waals surface area contributed by atoms with Crippen molar-refractivity contribution >= 4 is 55.4 Å². The first-order valence-corrected chi connectivity index (χ1v) is 14.4. The van der Waals surface area contributed by atoms with Crippen molar-refractivity contribution in [3.05, 3.63) is 116 Å². The van der Waals surface area contributed by atoms with Crippen molar-refractivity contribution in [1.29, 1.82) is 0 Å². The van der Waals surface area contributed by atoms with Gasteiger partial charge in [-0.15, -0.1) is 0 Å². The van der Waals surface area contributed by atoms with E-state index in [1.54, 1.807) is 6.21 Å². The van der Waals surface area contributed by atoms with Crippen molar-refractivity contribution in [2.45, 2.75) is 44.6 Å². The van der Waals surface area contributed by atoms with Gasteiger partial charge in [-0.05, 0) is 53.9 Å². The molecule has 0 bridgehead atoms. The molecule has 1 aromatic heterocycles. The van der Waals surface area contributed by atoms with Crippen LogP contribution in [0.5, 0.6) is 5.75 Å². The first-order valence-electron chi connectivity index (χ1n) is 13.2. The van der Waals surface area contributed by atoms with E-state index < -0.39 is 0 Å². The largest absolute Gasteiger partial charge is 0.488 e. The molecule has 1 fully saturated rings. The number of hydrogen-bond acceptors (Lipinski definition) is 4. The number of fused-ring (bicyclic) bond motifs is 2. The van der Waals surface area contributed by atoms with E-state index in [1.165, 1.54) is 11.1 Å². The molecule has 1 aliphatic carbocycles. The summed E-state index contributed by atoms with van der Waals surface area (Å²) in [5.74, 6) is 1.59. The van der Waals surface area contributed by atoms with Gasteiger partial charge in [0.1, 0.15) is 18.2 Å². The second kappa shape index (κ2) is 11.3. The third kappa shape index (κ3) is 5.36. The van der Waals surface area contributed by atoms with Gasteiger partial charge in [-0.25, -0.2) is 4.98 Å². The minimum Gasteiger partial charge on any atom is -0.488 e. The predicted octanol–water partition coefficient (Wildman–Crippen LogP) is 8.47. The van der Waals surface area contributed by atoms with Crippen molar-refractivity contribution in [3.63, 3.8) is 0 Å². The number of hydrogen-bond donors (Lipinski definition) is 0. The molecule has 0 aliphatic heterocycles. The lowest BCUT2D eigenvalue weighted by Crippen LogP contribution is -2.25. The van der Waals surface area contributed by atoms with Crippen LogP contribution in [-0.4, -0.2) is 15.9 Å². The van der Waals surface area contributed by atoms with Crippen LogP contribution in [0.4, 0.5) is 0 Å². The first-order chi connectivity index (χ1) is 19.1. The molecule has 4 aromatic carbocycles. The Bertz CT molecular complexity index is 1760. The standard InChI is InChI=1S/C32H27BrClN3O2/c33-24-15-16-29-26(18-24)32(38)37(31(36-29)22-9-2-1-3-10-22)35-19-27-25-12-6-4-8-21(25)14-17-30(27)39-20-23-11-5-7-13-28(23)34/h4-8,11-19,22H,1-3,9-10,20H2. The summed E-state index contributed by atoms with van der Waals surface area (Å²) in [6.07, 6.45) is 7.23. The van der Waals surface area contributed by atoms with Crippen LogP contribution >= 0.6 is 27.5 Å². The summed E-state index contributed by atoms with van der Waals surface area (Å²) in [5.41, 5.74) is 2.23. The van der Waals surface area contributed by atoms with Crippen LogP contribution in [0.15, 0.2) is 93.2 Å². The summed E-state index contributed by atoms with van der Waals surface area (Å²) < 4.78 is 8.62. The molecule has 0 atom stereocenters. The van der Waals surface area contributed by atoms with Gasteiger partial charge in [-0.3, -0.25) is 4.79 Å². The molecule has 0 N–H and O–H groups in total. The average Bonchev–Trinajstić information content (AvgIpc) is 2.97. The summed E-state index contributed by atoms with van der Waals surface area (Å²) in [6, 6.07) is 25.4. The van der Waals surface area contributed by atoms with Crippen LogP contribution in [0, 0.1) is 0 Å². The van der Waals surface area contributed by atoms with E-state index in [2.05, 4.69) is 22.0 Å². The van der Waals surface area contributed by atoms with Crippen molar-refractivity contribution in [3.8, 4) is 5.75 Å². The second-order valence-corrected chi connectivity index (χ2v) is 11.2. The number of aromatic nitrogens is 2. The Labute approximate surface area is 240 Å². The molecule has 5 nitrogen and oxygen atoms in total. The zero-order valence-electron chi connectivity index (χ0n) is 21.3. The maximum atomic E-state index is 13.8. The zero-order valence-corrected chi connectivity index (χ0v) is 23.7. The molecule has 0 spiro atoms. The quantitative estimate of drug-likeness (QED) is 0.184. The molecular weight excluding hydrogens is 574 g/mol. The fraction of sp³-hybridized carbons (Fsp3) is 0.219. The van der Waals surface area contributed by atoms with E-state index in [4.69, 9.17) is 26.4 Å². The van der Waals surface area contributed by atoms with E-state index in [0.29, 0.717) is 28.3 Å². The van der Waals surface area contributed by atoms with Gasteiger partial charge in [0, 0.05) is 26.5 Å². The van der Waals surface area contributed by atoms with E-state index >= 15 is 0 Å². The monoisotopic (exact) mass is 599 g/mol. The van der Waals surface area contributed by atoms with Gasteiger partial charge in [0.05, 0.1) is 17.1 Å². The van der Waals surface area contributed by atoms with Crippen molar-refractivity contribution in [2.75, 3.05) is 0 Å². The number of rotatable bonds is 6. The maximum absolute atomic E-state index is 13.8. The molecule has 6 rings (SSSR count). The second-order valence-electron chi connectivity index (χ2n) is 9.91. The molecule has 0 unspecified atom stereocenters. The van der Waals surface area contributed by atoms with Crippen LogP contribution in [-0.2, 0) is 6.61 Å². The van der Waals surface area contributed by atoms with Crippen molar-refractivity contribution < 1.29 is 4.74 Å². The smallest absolute Gasteiger partial charge is 0.282 e. The third-order valence-electron chi connectivity index (χ3n) is 7.38. The van der Waals surface area contributed by atoms with Crippen LogP contribution in [0.25, 0.3) is 21.7 Å². The first kappa shape index (κ1) is 25.8. The molecular formula is C32H27BrClN3O2. The fourth-order valence-electron chi connectivity index (χ4n) is 5.32. The molecule has 7 heteroatoms. The predicted molar refractivity (Wildman–Crippen MR) is 162 cm³/mol. The minimum atomic E-state index is -0.170. The van der Waals surface area contributed by atoms with E-state index in [1.807, 2.05) is 72.8 Å². The van der Waals surface area contributed by atoms with Gasteiger partial charge in [-0.1, -0.05) is 95.3 Å². The Morgan fingerprint density at radius 3 is 2.62 bits per heavy atom. The summed E-state index contributed by atoms with van der Waals surface area (Å²) in [4.78, 5) is 18.8. The SMILES string of the molecule is O=c1c2cc(Br)ccc2nc(C2CCCCC2)n1N=Cc1c(OCc2ccccc2Cl)ccc2ccccc12. The average molecular weight is 601 g/mol. The minimum absolute atomic E-state index is 0.170. The molecule has 1 aliphatic rings. The highest BCUT2D eigenvalue weighted by Gasteiger charge is 2.22. The van der Waals surface area contributed by atoms with Gasteiger partial charge < -0.3 is 4.74 Å². The van der Waals surface area contributed by atoms with Gasteiger partial charge in [0.25, 0.3) is 5.56 Å². The summed E-state index contributed by atoms with van der Waals surface area (Å²) in [6.45, 7) is 0.317. The summed E-state index contributed by atoms with van der Waals surface area (Å²) >= 11 is 9.88. The maximum Gasteiger partial charge on any atom is 0.282 e. The Morgan fingerprint density at radius 1 is 0.974 bits per heavy atom. The van der Waals surface area contributed by atoms with Crippen molar-refractivity contribution in [2.24, 2.45) is 5.10 Å². The Morgan fingerprint density at radius 2 is 1.77 bits per heavy atom. The number of benzene rings is 4. The molecule has 5 aromatic rings. The molecule has 196 valence electrons. The molecule has 0 amide bonds. The normalized spacial score (nSPS) is 14.4. The van der Waals surface area contributed by atoms with E-state index in [9.17, 15) is 4.79 Å². The third-order valence-corrected chi connectivity index (χ3v) is 8.24. The highest BCUT2D eigenvalue weighted by atomic mass is 79.9. The van der Waals surface area contributed by atoms with Crippen LogP contribution in [0.3, 0.4) is 0 Å². The highest BCUT2D eigenvalue weighted by molar-refractivity contribution is 9.10. The lowest BCUT2D eigenvalue weighted by molar-refractivity contribution is 0.306. The molecule has 1 saturated carbocycles. The highest BCUT2D eigenvalue weighted by Crippen LogP contribution is 2.33. The zero-order chi connectivity index (χ0) is 26.8. The van der Waals surface area contributed by atoms with Crippen LogP contribution in [0.2, 0.25) is 5.02 Å². The number of nitrogens with zero attached hydrogens (tertiary/aromatic N) is 3. The van der Waals surface area contributed by atoms with Crippen LogP contribution < -0.4 is 10.3 Å². The van der Waals surface area contributed by atoms with E-state index in [0.717, 1.165) is 57.9 Å². The van der Waals surface area contributed by atoms with Gasteiger partial charge in [-0.2, -0.15) is 9.78 Å². The number of ether oxygens (including phenoxy) is 1. The summed E-state index contributed by atoms with van der Waals surface area (Å²) in [5, 5.41) is 8.05. The Kier molecular flexibility index (Phi) is 7.49. The van der Waals surface area contributed by atoms with Gasteiger partial charge in [0.15, 0.2) is 0 Å². The molecule has 39 heavy (non-hydrogen) atoms. The van der Waals surface area contributed by atoms with Crippen LogP contribution in [0.1, 0.15) is 55.0 Å². The van der Waals surface area contributed by atoms with Gasteiger partial charge >= 0.3 is 0 Å². The Balaban J connectivity index is 1.47. The number of halogens is 2. The lowest BCUT2D eigenvalue weighted by Gasteiger charge is -2.23. The molecule has 1 heterocycles.